The highest BCUT2D eigenvalue weighted by atomic mass is 16.5. The molecule has 0 aromatic heterocycles. The fourth-order valence-electron chi connectivity index (χ4n) is 10.5. The van der Waals surface area contributed by atoms with Gasteiger partial charge in [0.1, 0.15) is 0 Å². The molecular formula is C25H36O2. The van der Waals surface area contributed by atoms with Crippen LogP contribution in [0.4, 0.5) is 0 Å². The number of rotatable bonds is 5. The minimum Gasteiger partial charge on any atom is -0.462 e. The maximum atomic E-state index is 12.1. The van der Waals surface area contributed by atoms with Gasteiger partial charge in [-0.3, -0.25) is 0 Å². The van der Waals surface area contributed by atoms with Crippen LogP contribution in [0.3, 0.4) is 0 Å². The maximum Gasteiger partial charge on any atom is 0.333 e. The second kappa shape index (κ2) is 5.63. The van der Waals surface area contributed by atoms with E-state index < -0.39 is 0 Å². The van der Waals surface area contributed by atoms with E-state index in [-0.39, 0.29) is 11.4 Å². The van der Waals surface area contributed by atoms with E-state index in [4.69, 9.17) is 4.74 Å². The van der Waals surface area contributed by atoms with E-state index in [1.54, 1.807) is 26.2 Å². The Labute approximate surface area is 164 Å². The zero-order chi connectivity index (χ0) is 18.5. The van der Waals surface area contributed by atoms with Gasteiger partial charge in [0.25, 0.3) is 0 Å². The van der Waals surface area contributed by atoms with E-state index in [0.717, 1.165) is 59.2 Å². The standard InChI is InChI=1S/C25H36O2/c1-4-7-25(12-27-24(26)13(2)3)11-16-9-19(25)23-18-10-17(22(16)23)20-14-5-6-15(8-14)21(18)20/h14-23H,2,4-12H2,1,3H3. The molecule has 2 heteroatoms. The van der Waals surface area contributed by atoms with Crippen molar-refractivity contribution in [2.45, 2.75) is 65.2 Å². The van der Waals surface area contributed by atoms with Crippen molar-refractivity contribution >= 4 is 5.97 Å². The van der Waals surface area contributed by atoms with Gasteiger partial charge >= 0.3 is 5.97 Å². The van der Waals surface area contributed by atoms with E-state index in [1.165, 1.54) is 32.1 Å². The molecule has 6 bridgehead atoms. The molecule has 0 amide bonds. The van der Waals surface area contributed by atoms with Crippen molar-refractivity contribution in [3.63, 3.8) is 0 Å². The summed E-state index contributed by atoms with van der Waals surface area (Å²) in [6.07, 6.45) is 11.5. The topological polar surface area (TPSA) is 26.3 Å². The Hall–Kier alpha value is -0.790. The molecule has 2 nitrogen and oxygen atoms in total. The summed E-state index contributed by atoms with van der Waals surface area (Å²) in [6, 6.07) is 0. The minimum atomic E-state index is -0.175. The molecule has 0 aromatic rings. The van der Waals surface area contributed by atoms with Gasteiger partial charge in [-0.25, -0.2) is 4.79 Å². The van der Waals surface area contributed by atoms with E-state index in [9.17, 15) is 4.79 Å². The molecular weight excluding hydrogens is 332 g/mol. The number of carbonyl (C=O) groups excluding carboxylic acids is 1. The van der Waals surface area contributed by atoms with E-state index in [0.29, 0.717) is 12.2 Å². The number of fused-ring (bicyclic) bond motifs is 16. The van der Waals surface area contributed by atoms with Gasteiger partial charge in [-0.05, 0) is 111 Å². The quantitative estimate of drug-likeness (QED) is 0.365. The van der Waals surface area contributed by atoms with E-state index in [1.807, 2.05) is 0 Å². The van der Waals surface area contributed by atoms with Crippen molar-refractivity contribution < 1.29 is 9.53 Å². The molecule has 6 rings (SSSR count). The lowest BCUT2D eigenvalue weighted by Crippen LogP contribution is -2.47. The Morgan fingerprint density at radius 2 is 1.67 bits per heavy atom. The Bertz CT molecular complexity index is 682. The van der Waals surface area contributed by atoms with Crippen LogP contribution in [0, 0.1) is 64.6 Å². The second-order valence-corrected chi connectivity index (χ2v) is 11.5. The van der Waals surface area contributed by atoms with Crippen LogP contribution in [0.25, 0.3) is 0 Å². The third kappa shape index (κ3) is 2.06. The lowest BCUT2D eigenvalue weighted by Gasteiger charge is -2.51. The summed E-state index contributed by atoms with van der Waals surface area (Å²) >= 11 is 0. The average Bonchev–Trinajstić information content (AvgIpc) is 3.45. The fourth-order valence-corrected chi connectivity index (χ4v) is 10.5. The molecule has 148 valence electrons. The molecule has 0 saturated heterocycles. The molecule has 0 N–H and O–H groups in total. The van der Waals surface area contributed by atoms with Crippen LogP contribution >= 0.6 is 0 Å². The van der Waals surface area contributed by atoms with Gasteiger partial charge in [0.15, 0.2) is 0 Å². The van der Waals surface area contributed by atoms with Crippen molar-refractivity contribution in [3.05, 3.63) is 12.2 Å². The summed E-state index contributed by atoms with van der Waals surface area (Å²) in [5.74, 6) is 10.1. The van der Waals surface area contributed by atoms with Crippen LogP contribution < -0.4 is 0 Å². The first-order valence-corrected chi connectivity index (χ1v) is 11.9. The van der Waals surface area contributed by atoms with Crippen molar-refractivity contribution in [3.8, 4) is 0 Å². The number of esters is 1. The molecule has 0 heterocycles. The monoisotopic (exact) mass is 368 g/mol. The highest BCUT2D eigenvalue weighted by molar-refractivity contribution is 5.86. The lowest BCUT2D eigenvalue weighted by molar-refractivity contribution is -0.146. The molecule has 11 unspecified atom stereocenters. The average molecular weight is 369 g/mol. The minimum absolute atomic E-state index is 0.175. The molecule has 6 saturated carbocycles. The van der Waals surface area contributed by atoms with Crippen LogP contribution in [-0.4, -0.2) is 12.6 Å². The predicted molar refractivity (Wildman–Crippen MR) is 106 cm³/mol. The summed E-state index contributed by atoms with van der Waals surface area (Å²) < 4.78 is 5.82. The van der Waals surface area contributed by atoms with Crippen LogP contribution in [-0.2, 0) is 9.53 Å². The van der Waals surface area contributed by atoms with Gasteiger partial charge in [-0.15, -0.1) is 0 Å². The van der Waals surface area contributed by atoms with Gasteiger partial charge in [0.2, 0.25) is 0 Å². The summed E-state index contributed by atoms with van der Waals surface area (Å²) in [5, 5.41) is 0. The molecule has 6 aliphatic rings. The largest absolute Gasteiger partial charge is 0.462 e. The predicted octanol–water partition coefficient (Wildman–Crippen LogP) is 5.48. The Morgan fingerprint density at radius 1 is 1.00 bits per heavy atom. The van der Waals surface area contributed by atoms with Gasteiger partial charge in [-0.2, -0.15) is 0 Å². The fraction of sp³-hybridized carbons (Fsp3) is 0.880. The number of ether oxygens (including phenoxy) is 1. The first-order chi connectivity index (χ1) is 13.0. The Balaban J connectivity index is 1.28. The highest BCUT2D eigenvalue weighted by Crippen LogP contribution is 2.79. The third-order valence-corrected chi connectivity index (χ3v) is 10.6. The van der Waals surface area contributed by atoms with Gasteiger partial charge < -0.3 is 4.74 Å². The molecule has 6 fully saturated rings. The number of hydrogen-bond donors (Lipinski definition) is 0. The molecule has 0 aliphatic heterocycles. The van der Waals surface area contributed by atoms with E-state index >= 15 is 0 Å². The van der Waals surface area contributed by atoms with Crippen molar-refractivity contribution in [2.24, 2.45) is 64.6 Å². The molecule has 27 heavy (non-hydrogen) atoms. The summed E-state index contributed by atoms with van der Waals surface area (Å²) in [5.41, 5.74) is 0.830. The van der Waals surface area contributed by atoms with Crippen molar-refractivity contribution in [2.75, 3.05) is 6.61 Å². The van der Waals surface area contributed by atoms with Crippen LogP contribution in [0.2, 0.25) is 0 Å². The van der Waals surface area contributed by atoms with Gasteiger partial charge in [0.05, 0.1) is 6.61 Å². The van der Waals surface area contributed by atoms with E-state index in [2.05, 4.69) is 13.5 Å². The normalized spacial score (nSPS) is 55.8. The summed E-state index contributed by atoms with van der Waals surface area (Å²) in [4.78, 5) is 12.1. The number of hydrogen-bond acceptors (Lipinski definition) is 2. The molecule has 0 spiro atoms. The Kier molecular flexibility index (Phi) is 3.57. The van der Waals surface area contributed by atoms with Crippen LogP contribution in [0.5, 0.6) is 0 Å². The smallest absolute Gasteiger partial charge is 0.333 e. The second-order valence-electron chi connectivity index (χ2n) is 11.5. The summed E-state index contributed by atoms with van der Waals surface area (Å²) in [7, 11) is 0. The zero-order valence-electron chi connectivity index (χ0n) is 17.2. The zero-order valence-corrected chi connectivity index (χ0v) is 17.2. The summed E-state index contributed by atoms with van der Waals surface area (Å²) in [6.45, 7) is 8.54. The Morgan fingerprint density at radius 3 is 2.33 bits per heavy atom. The van der Waals surface area contributed by atoms with Crippen molar-refractivity contribution in [1.82, 2.24) is 0 Å². The van der Waals surface area contributed by atoms with Gasteiger partial charge in [-0.1, -0.05) is 19.9 Å². The van der Waals surface area contributed by atoms with Crippen molar-refractivity contribution in [1.29, 1.82) is 0 Å². The highest BCUT2D eigenvalue weighted by Gasteiger charge is 2.73. The lowest BCUT2D eigenvalue weighted by atomic mass is 9.54. The molecule has 0 radical (unpaired) electrons. The van der Waals surface area contributed by atoms with Gasteiger partial charge in [0, 0.05) is 11.0 Å². The molecule has 11 atom stereocenters. The van der Waals surface area contributed by atoms with Crippen LogP contribution in [0.1, 0.15) is 65.2 Å². The molecule has 6 aliphatic carbocycles. The first-order valence-electron chi connectivity index (χ1n) is 11.9. The molecule has 0 aromatic carbocycles. The maximum absolute atomic E-state index is 12.1. The SMILES string of the molecule is C=C(C)C(=O)OCC1(CCC)CC2CC1C1C3CC(C4C5CCC(C5)C34)C21. The van der Waals surface area contributed by atoms with Crippen LogP contribution in [0.15, 0.2) is 12.2 Å². The first kappa shape index (κ1) is 17.1. The third-order valence-electron chi connectivity index (χ3n) is 10.6. The number of carbonyl (C=O) groups is 1.